The molecule has 0 atom stereocenters. The van der Waals surface area contributed by atoms with Crippen molar-refractivity contribution in [1.82, 2.24) is 0 Å². The summed E-state index contributed by atoms with van der Waals surface area (Å²) in [6.07, 6.45) is 3.72. The van der Waals surface area contributed by atoms with E-state index in [0.29, 0.717) is 11.4 Å². The lowest BCUT2D eigenvalue weighted by Gasteiger charge is -2.28. The average Bonchev–Trinajstić information content (AvgIpc) is 2.42. The second kappa shape index (κ2) is 6.74. The maximum absolute atomic E-state index is 12.4. The van der Waals surface area contributed by atoms with E-state index >= 15 is 0 Å². The molecule has 2 rings (SSSR count). The van der Waals surface area contributed by atoms with Crippen molar-refractivity contribution < 1.29 is 18.3 Å². The number of halogens is 2. The molecule has 6 heteroatoms. The molecule has 0 aromatic heterocycles. The summed E-state index contributed by atoms with van der Waals surface area (Å²) in [4.78, 5) is 0. The third-order valence-electron chi connectivity index (χ3n) is 3.53. The first-order valence-electron chi connectivity index (χ1n) is 6.73. The summed E-state index contributed by atoms with van der Waals surface area (Å²) in [7, 11) is 1.53. The van der Waals surface area contributed by atoms with E-state index in [0.717, 1.165) is 25.7 Å². The Morgan fingerprint density at radius 2 is 1.95 bits per heavy atom. The number of hydrogen-bond acceptors (Lipinski definition) is 4. The van der Waals surface area contributed by atoms with Crippen LogP contribution in [0.2, 0.25) is 0 Å². The Labute approximate surface area is 117 Å². The molecular weight excluding hydrogens is 266 g/mol. The highest BCUT2D eigenvalue weighted by Crippen LogP contribution is 2.32. The van der Waals surface area contributed by atoms with Gasteiger partial charge in [-0.25, -0.2) is 0 Å². The van der Waals surface area contributed by atoms with Gasteiger partial charge in [-0.1, -0.05) is 0 Å². The molecular formula is C14H20F2N2O2. The summed E-state index contributed by atoms with van der Waals surface area (Å²) in [6.45, 7) is -2.84. The van der Waals surface area contributed by atoms with Crippen molar-refractivity contribution in [1.29, 1.82) is 0 Å². The van der Waals surface area contributed by atoms with E-state index in [1.807, 2.05) is 0 Å². The Morgan fingerprint density at radius 1 is 1.25 bits per heavy atom. The van der Waals surface area contributed by atoms with Crippen LogP contribution in [-0.2, 0) is 0 Å². The number of rotatable bonds is 5. The van der Waals surface area contributed by atoms with Crippen LogP contribution < -0.4 is 20.5 Å². The molecule has 0 bridgehead atoms. The predicted octanol–water partition coefficient (Wildman–Crippen LogP) is 2.98. The highest BCUT2D eigenvalue weighted by atomic mass is 19.3. The van der Waals surface area contributed by atoms with Gasteiger partial charge in [-0.2, -0.15) is 8.78 Å². The Morgan fingerprint density at radius 3 is 2.55 bits per heavy atom. The van der Waals surface area contributed by atoms with Crippen molar-refractivity contribution >= 4 is 5.69 Å². The lowest BCUT2D eigenvalue weighted by Crippen LogP contribution is -2.32. The van der Waals surface area contributed by atoms with Gasteiger partial charge in [0.25, 0.3) is 0 Å². The van der Waals surface area contributed by atoms with Crippen LogP contribution in [-0.4, -0.2) is 25.8 Å². The molecule has 3 N–H and O–H groups in total. The third kappa shape index (κ3) is 3.96. The first kappa shape index (κ1) is 14.8. The Balaban J connectivity index is 2.10. The quantitative estimate of drug-likeness (QED) is 0.873. The van der Waals surface area contributed by atoms with E-state index in [2.05, 4.69) is 10.1 Å². The molecule has 1 aromatic carbocycles. The van der Waals surface area contributed by atoms with E-state index in [9.17, 15) is 8.78 Å². The van der Waals surface area contributed by atoms with E-state index in [1.165, 1.54) is 13.2 Å². The average molecular weight is 286 g/mol. The number of nitrogens with two attached hydrogens (primary N) is 1. The number of anilines is 1. The van der Waals surface area contributed by atoms with Crippen molar-refractivity contribution in [3.63, 3.8) is 0 Å². The van der Waals surface area contributed by atoms with Gasteiger partial charge in [0, 0.05) is 18.2 Å². The fraction of sp³-hybridized carbons (Fsp3) is 0.571. The molecule has 1 aliphatic carbocycles. The van der Waals surface area contributed by atoms with Gasteiger partial charge in [-0.3, -0.25) is 0 Å². The van der Waals surface area contributed by atoms with Crippen LogP contribution in [0.15, 0.2) is 18.2 Å². The molecule has 0 amide bonds. The van der Waals surface area contributed by atoms with Crippen LogP contribution in [0.3, 0.4) is 0 Å². The summed E-state index contributed by atoms with van der Waals surface area (Å²) in [5.74, 6) is 0.734. The van der Waals surface area contributed by atoms with Crippen LogP contribution in [0.4, 0.5) is 14.5 Å². The van der Waals surface area contributed by atoms with Crippen molar-refractivity contribution in [3.05, 3.63) is 18.2 Å². The van der Waals surface area contributed by atoms with Crippen LogP contribution in [0, 0.1) is 0 Å². The smallest absolute Gasteiger partial charge is 0.387 e. The van der Waals surface area contributed by atoms with Gasteiger partial charge >= 0.3 is 6.61 Å². The number of benzene rings is 1. The molecule has 20 heavy (non-hydrogen) atoms. The van der Waals surface area contributed by atoms with Gasteiger partial charge in [0.15, 0.2) is 0 Å². The molecule has 0 saturated heterocycles. The highest BCUT2D eigenvalue weighted by molar-refractivity contribution is 5.60. The van der Waals surface area contributed by atoms with Crippen LogP contribution in [0.5, 0.6) is 11.5 Å². The molecule has 0 heterocycles. The van der Waals surface area contributed by atoms with Gasteiger partial charge in [0.2, 0.25) is 0 Å². The summed E-state index contributed by atoms with van der Waals surface area (Å²) in [6, 6.07) is 5.23. The fourth-order valence-electron chi connectivity index (χ4n) is 2.43. The minimum atomic E-state index is -2.84. The molecule has 1 aliphatic rings. The van der Waals surface area contributed by atoms with Crippen molar-refractivity contribution in [2.75, 3.05) is 12.4 Å². The molecule has 1 fully saturated rings. The largest absolute Gasteiger partial charge is 0.497 e. The summed E-state index contributed by atoms with van der Waals surface area (Å²) < 4.78 is 34.5. The first-order valence-corrected chi connectivity index (χ1v) is 6.73. The lowest BCUT2D eigenvalue weighted by molar-refractivity contribution is -0.0494. The number of nitrogens with one attached hydrogen (secondary N) is 1. The zero-order valence-corrected chi connectivity index (χ0v) is 11.4. The second-order valence-electron chi connectivity index (χ2n) is 5.00. The molecule has 1 aromatic rings. The van der Waals surface area contributed by atoms with E-state index in [1.54, 1.807) is 12.1 Å². The molecule has 4 nitrogen and oxygen atoms in total. The molecule has 0 spiro atoms. The van der Waals surface area contributed by atoms with Crippen molar-refractivity contribution in [3.8, 4) is 11.5 Å². The van der Waals surface area contributed by atoms with E-state index in [-0.39, 0.29) is 17.8 Å². The minimum absolute atomic E-state index is 0.135. The summed E-state index contributed by atoms with van der Waals surface area (Å²) in [5.41, 5.74) is 6.39. The van der Waals surface area contributed by atoms with Crippen LogP contribution in [0.25, 0.3) is 0 Å². The van der Waals surface area contributed by atoms with Gasteiger partial charge < -0.3 is 20.5 Å². The molecule has 0 unspecified atom stereocenters. The maximum Gasteiger partial charge on any atom is 0.387 e. The van der Waals surface area contributed by atoms with Gasteiger partial charge in [0.05, 0.1) is 12.8 Å². The molecule has 112 valence electrons. The SMILES string of the molecule is COc1ccc(OC(F)F)c(NC2CCC(N)CC2)c1. The summed E-state index contributed by atoms with van der Waals surface area (Å²) in [5, 5.41) is 3.26. The zero-order valence-electron chi connectivity index (χ0n) is 11.4. The summed E-state index contributed by atoms with van der Waals surface area (Å²) >= 11 is 0. The monoisotopic (exact) mass is 286 g/mol. The predicted molar refractivity (Wildman–Crippen MR) is 73.5 cm³/mol. The van der Waals surface area contributed by atoms with Crippen molar-refractivity contribution in [2.45, 2.75) is 44.4 Å². The van der Waals surface area contributed by atoms with Gasteiger partial charge in [-0.05, 0) is 37.8 Å². The Kier molecular flexibility index (Phi) is 5.00. The number of alkyl halides is 2. The number of methoxy groups -OCH3 is 1. The van der Waals surface area contributed by atoms with E-state index < -0.39 is 6.61 Å². The Bertz CT molecular complexity index is 435. The number of hydrogen-bond donors (Lipinski definition) is 2. The minimum Gasteiger partial charge on any atom is -0.497 e. The van der Waals surface area contributed by atoms with E-state index in [4.69, 9.17) is 10.5 Å². The van der Waals surface area contributed by atoms with Crippen LogP contribution in [0.1, 0.15) is 25.7 Å². The highest BCUT2D eigenvalue weighted by Gasteiger charge is 2.20. The fourth-order valence-corrected chi connectivity index (χ4v) is 2.43. The first-order chi connectivity index (χ1) is 9.58. The molecule has 0 radical (unpaired) electrons. The Hall–Kier alpha value is -1.56. The normalized spacial score (nSPS) is 22.6. The van der Waals surface area contributed by atoms with Crippen molar-refractivity contribution in [2.24, 2.45) is 5.73 Å². The number of ether oxygens (including phenoxy) is 2. The third-order valence-corrected chi connectivity index (χ3v) is 3.53. The lowest BCUT2D eigenvalue weighted by atomic mass is 9.91. The zero-order chi connectivity index (χ0) is 14.5. The van der Waals surface area contributed by atoms with Gasteiger partial charge in [0.1, 0.15) is 11.5 Å². The topological polar surface area (TPSA) is 56.5 Å². The standard InChI is InChI=1S/C14H20F2N2O2/c1-19-11-6-7-13(20-14(15)16)12(8-11)18-10-4-2-9(17)3-5-10/h6-10,14,18H,2-5,17H2,1H3. The van der Waals surface area contributed by atoms with Gasteiger partial charge in [-0.15, -0.1) is 0 Å². The molecule has 1 saturated carbocycles. The molecule has 0 aliphatic heterocycles. The maximum atomic E-state index is 12.4. The van der Waals surface area contributed by atoms with Crippen LogP contribution >= 0.6 is 0 Å². The second-order valence-corrected chi connectivity index (χ2v) is 5.00.